The van der Waals surface area contributed by atoms with Gasteiger partial charge in [0.05, 0.1) is 5.57 Å². The predicted molar refractivity (Wildman–Crippen MR) is 156 cm³/mol. The highest BCUT2D eigenvalue weighted by Crippen LogP contribution is 2.47. The van der Waals surface area contributed by atoms with Gasteiger partial charge < -0.3 is 9.84 Å². The van der Waals surface area contributed by atoms with Crippen LogP contribution in [0.25, 0.3) is 0 Å². The van der Waals surface area contributed by atoms with Crippen molar-refractivity contribution in [3.05, 3.63) is 101 Å². The van der Waals surface area contributed by atoms with Crippen molar-refractivity contribution in [1.82, 2.24) is 4.98 Å². The average molecular weight is 563 g/mol. The number of benzene rings is 2. The van der Waals surface area contributed by atoms with Crippen LogP contribution in [-0.2, 0) is 26.0 Å². The van der Waals surface area contributed by atoms with Gasteiger partial charge in [-0.25, -0.2) is 9.78 Å². The molecule has 0 fully saturated rings. The second-order valence-electron chi connectivity index (χ2n) is 11.5. The van der Waals surface area contributed by atoms with Gasteiger partial charge in [-0.1, -0.05) is 82.6 Å². The molecule has 2 N–H and O–H groups in total. The van der Waals surface area contributed by atoms with Gasteiger partial charge in [0.2, 0.25) is 0 Å². The summed E-state index contributed by atoms with van der Waals surface area (Å²) in [6.07, 6.45) is 4.47. The van der Waals surface area contributed by atoms with E-state index in [1.165, 1.54) is 12.3 Å². The molecule has 4 rings (SSSR count). The largest absolute Gasteiger partial charge is 0.512 e. The number of nitrogens with zero attached hydrogens (tertiary/aromatic N) is 1. The number of rotatable bonds is 10. The minimum absolute atomic E-state index is 0.0390. The first kappa shape index (κ1) is 29.3. The lowest BCUT2D eigenvalue weighted by atomic mass is 9.70. The molecule has 212 valence electrons. The molecular weight excluding hydrogens is 524 g/mol. The van der Waals surface area contributed by atoms with E-state index in [1.807, 2.05) is 52.0 Å². The van der Waals surface area contributed by atoms with Crippen LogP contribution in [0, 0.1) is 5.41 Å². The minimum atomic E-state index is -3.90. The van der Waals surface area contributed by atoms with E-state index in [4.69, 9.17) is 4.74 Å². The van der Waals surface area contributed by atoms with Gasteiger partial charge in [0.15, 0.2) is 5.03 Å². The summed E-state index contributed by atoms with van der Waals surface area (Å²) >= 11 is 0. The number of hydrogen-bond donors (Lipinski definition) is 2. The first-order valence-corrected chi connectivity index (χ1v) is 15.2. The molecule has 0 amide bonds. The zero-order valence-corrected chi connectivity index (χ0v) is 24.4. The number of pyridine rings is 1. The summed E-state index contributed by atoms with van der Waals surface area (Å²) in [6.45, 7) is 8.00. The Morgan fingerprint density at radius 3 is 2.38 bits per heavy atom. The molecule has 7 nitrogen and oxygen atoms in total. The summed E-state index contributed by atoms with van der Waals surface area (Å²) in [5.74, 6) is -1.02. The molecule has 1 aliphatic heterocycles. The second kappa shape index (κ2) is 11.8. The Balaban J connectivity index is 1.66. The zero-order chi connectivity index (χ0) is 29.0. The molecule has 2 heterocycles. The number of cyclic esters (lactones) is 1. The van der Waals surface area contributed by atoms with Gasteiger partial charge in [0, 0.05) is 24.2 Å². The molecule has 1 unspecified atom stereocenters. The van der Waals surface area contributed by atoms with Crippen molar-refractivity contribution < 1.29 is 23.1 Å². The summed E-state index contributed by atoms with van der Waals surface area (Å²) < 4.78 is 34.6. The summed E-state index contributed by atoms with van der Waals surface area (Å²) in [4.78, 5) is 17.7. The zero-order valence-electron chi connectivity index (χ0n) is 23.6. The number of hydrogen-bond acceptors (Lipinski definition) is 6. The lowest BCUT2D eigenvalue weighted by molar-refractivity contribution is -0.161. The van der Waals surface area contributed by atoms with Crippen LogP contribution in [0.2, 0.25) is 0 Å². The number of aliphatic hydroxyl groups is 1. The lowest BCUT2D eigenvalue weighted by Gasteiger charge is -2.41. The molecule has 1 aliphatic rings. The number of aryl methyl sites for hydroxylation is 1. The standard InChI is InChI=1S/C32H38N2O5S/c1-5-18-32(19-17-23-12-7-6-8-13-23)22-26(35)28(30(36)39-32)29(31(2,3)4)24-14-11-15-25(21-24)34-40(37,38)27-16-9-10-20-33-27/h6-16,20-21,29,34-35H,5,17-19,22H2,1-4H3/t29?,32-/m1/s1. The van der Waals surface area contributed by atoms with E-state index in [0.29, 0.717) is 24.1 Å². The van der Waals surface area contributed by atoms with Crippen LogP contribution in [0.4, 0.5) is 5.69 Å². The molecule has 2 aromatic carbocycles. The third kappa shape index (κ3) is 6.73. The van der Waals surface area contributed by atoms with Crippen molar-refractivity contribution in [1.29, 1.82) is 0 Å². The molecule has 0 aliphatic carbocycles. The molecule has 40 heavy (non-hydrogen) atoms. The van der Waals surface area contributed by atoms with Crippen LogP contribution in [0.5, 0.6) is 0 Å². The van der Waals surface area contributed by atoms with E-state index < -0.39 is 32.9 Å². The second-order valence-corrected chi connectivity index (χ2v) is 13.2. The predicted octanol–water partition coefficient (Wildman–Crippen LogP) is 6.94. The van der Waals surface area contributed by atoms with Gasteiger partial charge in [0.1, 0.15) is 11.4 Å². The Labute approximate surface area is 237 Å². The smallest absolute Gasteiger partial charge is 0.338 e. The van der Waals surface area contributed by atoms with Gasteiger partial charge in [-0.15, -0.1) is 0 Å². The number of aliphatic hydroxyl groups excluding tert-OH is 1. The van der Waals surface area contributed by atoms with Crippen LogP contribution in [0.15, 0.2) is 95.4 Å². The number of carbonyl (C=O) groups excluding carboxylic acids is 1. The van der Waals surface area contributed by atoms with E-state index in [-0.39, 0.29) is 22.8 Å². The molecular formula is C32H38N2O5S. The van der Waals surface area contributed by atoms with Crippen molar-refractivity contribution in [2.45, 2.75) is 76.3 Å². The monoisotopic (exact) mass is 562 g/mol. The van der Waals surface area contributed by atoms with Crippen molar-refractivity contribution in [3.8, 4) is 0 Å². The summed E-state index contributed by atoms with van der Waals surface area (Å²) in [5.41, 5.74) is 1.14. The number of nitrogens with one attached hydrogen (secondary N) is 1. The highest BCUT2D eigenvalue weighted by molar-refractivity contribution is 7.92. The van der Waals surface area contributed by atoms with Gasteiger partial charge in [-0.2, -0.15) is 8.42 Å². The maximum Gasteiger partial charge on any atom is 0.338 e. The number of aromatic nitrogens is 1. The Morgan fingerprint density at radius 1 is 1.02 bits per heavy atom. The Kier molecular flexibility index (Phi) is 8.68. The lowest BCUT2D eigenvalue weighted by Crippen LogP contribution is -2.43. The molecule has 0 bridgehead atoms. The van der Waals surface area contributed by atoms with Crippen molar-refractivity contribution >= 4 is 21.7 Å². The van der Waals surface area contributed by atoms with E-state index >= 15 is 0 Å². The van der Waals surface area contributed by atoms with Crippen LogP contribution >= 0.6 is 0 Å². The maximum absolute atomic E-state index is 13.7. The summed E-state index contributed by atoms with van der Waals surface area (Å²) in [7, 11) is -3.90. The van der Waals surface area contributed by atoms with Crippen LogP contribution < -0.4 is 4.72 Å². The quantitative estimate of drug-likeness (QED) is 0.259. The number of esters is 1. The first-order chi connectivity index (χ1) is 18.9. The van der Waals surface area contributed by atoms with E-state index in [0.717, 1.165) is 18.4 Å². The molecule has 0 radical (unpaired) electrons. The third-order valence-corrected chi connectivity index (χ3v) is 8.58. The SMILES string of the molecule is CCC[C@@]1(CCc2ccccc2)CC(O)=C(C(c2cccc(NS(=O)(=O)c3ccccn3)c2)C(C)(C)C)C(=O)O1. The van der Waals surface area contributed by atoms with Crippen molar-refractivity contribution in [2.75, 3.05) is 4.72 Å². The van der Waals surface area contributed by atoms with Gasteiger partial charge in [-0.3, -0.25) is 4.72 Å². The maximum atomic E-state index is 13.7. The highest BCUT2D eigenvalue weighted by Gasteiger charge is 2.46. The molecule has 2 atom stereocenters. The van der Waals surface area contributed by atoms with E-state index in [1.54, 1.807) is 30.3 Å². The molecule has 0 saturated carbocycles. The Bertz CT molecular complexity index is 1460. The molecule has 0 saturated heterocycles. The third-order valence-electron chi connectivity index (χ3n) is 7.29. The fourth-order valence-corrected chi connectivity index (χ4v) is 6.56. The normalized spacial score (nSPS) is 18.8. The number of anilines is 1. The summed E-state index contributed by atoms with van der Waals surface area (Å²) in [5, 5.41) is 11.4. The van der Waals surface area contributed by atoms with Crippen LogP contribution in [0.1, 0.15) is 70.4 Å². The van der Waals surface area contributed by atoms with Crippen LogP contribution in [-0.4, -0.2) is 30.1 Å². The highest BCUT2D eigenvalue weighted by atomic mass is 32.2. The van der Waals surface area contributed by atoms with Crippen molar-refractivity contribution in [3.63, 3.8) is 0 Å². The van der Waals surface area contributed by atoms with Gasteiger partial charge in [0.25, 0.3) is 10.0 Å². The fourth-order valence-electron chi connectivity index (χ4n) is 5.56. The topological polar surface area (TPSA) is 106 Å². The number of sulfonamides is 1. The molecule has 0 spiro atoms. The van der Waals surface area contributed by atoms with Gasteiger partial charge >= 0.3 is 5.97 Å². The van der Waals surface area contributed by atoms with Crippen molar-refractivity contribution in [2.24, 2.45) is 5.41 Å². The fraction of sp³-hybridized carbons (Fsp3) is 0.375. The Hall–Kier alpha value is -3.65. The van der Waals surface area contributed by atoms with Gasteiger partial charge in [-0.05, 0) is 60.1 Å². The van der Waals surface area contributed by atoms with Crippen LogP contribution in [0.3, 0.4) is 0 Å². The average Bonchev–Trinajstić information content (AvgIpc) is 2.90. The Morgan fingerprint density at radius 2 is 1.75 bits per heavy atom. The van der Waals surface area contributed by atoms with E-state index in [2.05, 4.69) is 21.8 Å². The molecule has 8 heteroatoms. The number of carbonyl (C=O) groups is 1. The summed E-state index contributed by atoms with van der Waals surface area (Å²) in [6, 6.07) is 21.6. The molecule has 3 aromatic rings. The van der Waals surface area contributed by atoms with E-state index in [9.17, 15) is 18.3 Å². The number of ether oxygens (including phenoxy) is 1. The molecule has 1 aromatic heterocycles. The first-order valence-electron chi connectivity index (χ1n) is 13.7. The minimum Gasteiger partial charge on any atom is -0.512 e.